The van der Waals surface area contributed by atoms with E-state index in [0.29, 0.717) is 24.7 Å². The fraction of sp³-hybridized carbons (Fsp3) is 0.263. The lowest BCUT2D eigenvalue weighted by molar-refractivity contribution is 0.138. The van der Waals surface area contributed by atoms with Crippen molar-refractivity contribution in [1.82, 2.24) is 25.1 Å². The van der Waals surface area contributed by atoms with E-state index in [1.807, 2.05) is 30.3 Å². The van der Waals surface area contributed by atoms with Crippen LogP contribution in [0, 0.1) is 0 Å². The lowest BCUT2D eigenvalue weighted by Gasteiger charge is -2.30. The first-order chi connectivity index (χ1) is 12.8. The second kappa shape index (κ2) is 7.35. The first kappa shape index (κ1) is 16.3. The molecular weight excluding hydrogens is 330 g/mol. The molecule has 2 aromatic heterocycles. The van der Waals surface area contributed by atoms with Gasteiger partial charge in [0.05, 0.1) is 6.20 Å². The average Bonchev–Trinajstić information content (AvgIpc) is 3.20. The van der Waals surface area contributed by atoms with Gasteiger partial charge in [0.15, 0.2) is 11.6 Å². The first-order valence-electron chi connectivity index (χ1n) is 8.64. The molecule has 0 atom stereocenters. The van der Waals surface area contributed by atoms with E-state index < -0.39 is 0 Å². The number of amides is 1. The summed E-state index contributed by atoms with van der Waals surface area (Å²) in [5, 5.41) is 7.38. The molecule has 4 rings (SSSR count). The highest BCUT2D eigenvalue weighted by molar-refractivity contribution is 5.70. The number of carbonyl (C=O) groups excluding carboxylic acids is 1. The van der Waals surface area contributed by atoms with E-state index in [4.69, 9.17) is 4.74 Å². The van der Waals surface area contributed by atoms with Crippen LogP contribution >= 0.6 is 0 Å². The van der Waals surface area contributed by atoms with Crippen molar-refractivity contribution < 1.29 is 11.0 Å². The maximum Gasteiger partial charge on any atom is 0.415 e. The van der Waals surface area contributed by atoms with E-state index in [-0.39, 0.29) is 13.4 Å². The van der Waals surface area contributed by atoms with Gasteiger partial charge in [0, 0.05) is 32.2 Å². The Balaban J connectivity index is 0.00000210. The van der Waals surface area contributed by atoms with Crippen molar-refractivity contribution in [3.05, 3.63) is 60.7 Å². The van der Waals surface area contributed by atoms with Gasteiger partial charge in [-0.3, -0.25) is 10.1 Å². The minimum absolute atomic E-state index is 0. The standard InChI is InChI=1S/C19H19N5O2.H2/c25-19(26-16-7-4-10-20-13-16)24-11-8-15(9-12-24)18-21-17(22-23-18)14-5-2-1-3-6-14;/h1-7,10,13,15H,8-9,11-12H2,(H,21,22,23);1H. The third-order valence-electron chi connectivity index (χ3n) is 4.51. The van der Waals surface area contributed by atoms with Crippen molar-refractivity contribution in [3.8, 4) is 17.1 Å². The van der Waals surface area contributed by atoms with Gasteiger partial charge >= 0.3 is 6.09 Å². The van der Waals surface area contributed by atoms with Gasteiger partial charge in [0.1, 0.15) is 5.82 Å². The number of hydrogen-bond donors (Lipinski definition) is 1. The summed E-state index contributed by atoms with van der Waals surface area (Å²) in [6, 6.07) is 13.3. The molecule has 0 unspecified atom stereocenters. The first-order valence-corrected chi connectivity index (χ1v) is 8.64. The van der Waals surface area contributed by atoms with Crippen LogP contribution in [0.4, 0.5) is 4.79 Å². The average molecular weight is 351 g/mol. The van der Waals surface area contributed by atoms with Crippen LogP contribution in [0.15, 0.2) is 54.9 Å². The molecule has 1 N–H and O–H groups in total. The van der Waals surface area contributed by atoms with Gasteiger partial charge in [0.25, 0.3) is 0 Å². The van der Waals surface area contributed by atoms with Crippen molar-refractivity contribution in [3.63, 3.8) is 0 Å². The predicted octanol–water partition coefficient (Wildman–Crippen LogP) is 3.49. The molecular formula is C19H21N5O2. The molecule has 26 heavy (non-hydrogen) atoms. The van der Waals surface area contributed by atoms with Crippen molar-refractivity contribution in [2.45, 2.75) is 18.8 Å². The largest absolute Gasteiger partial charge is 0.415 e. The molecule has 1 aliphatic rings. The molecule has 1 amide bonds. The number of aromatic nitrogens is 4. The molecule has 1 aliphatic heterocycles. The number of aromatic amines is 1. The van der Waals surface area contributed by atoms with Crippen LogP contribution in [0.1, 0.15) is 26.0 Å². The second-order valence-corrected chi connectivity index (χ2v) is 6.23. The zero-order valence-corrected chi connectivity index (χ0v) is 14.2. The van der Waals surface area contributed by atoms with Crippen LogP contribution in [0.2, 0.25) is 0 Å². The van der Waals surface area contributed by atoms with Crippen LogP contribution in [0.5, 0.6) is 5.75 Å². The Morgan fingerprint density at radius 3 is 2.69 bits per heavy atom. The molecule has 0 bridgehead atoms. The van der Waals surface area contributed by atoms with Crippen LogP contribution in [0.3, 0.4) is 0 Å². The van der Waals surface area contributed by atoms with Gasteiger partial charge in [-0.2, -0.15) is 5.10 Å². The monoisotopic (exact) mass is 351 g/mol. The molecule has 3 heterocycles. The molecule has 0 aliphatic carbocycles. The highest BCUT2D eigenvalue weighted by Gasteiger charge is 2.27. The molecule has 7 nitrogen and oxygen atoms in total. The molecule has 1 fully saturated rings. The molecule has 0 saturated carbocycles. The van der Waals surface area contributed by atoms with Crippen molar-refractivity contribution in [1.29, 1.82) is 0 Å². The number of carbonyl (C=O) groups is 1. The Morgan fingerprint density at radius 1 is 1.15 bits per heavy atom. The van der Waals surface area contributed by atoms with Crippen LogP contribution in [-0.4, -0.2) is 44.2 Å². The van der Waals surface area contributed by atoms with E-state index in [1.54, 1.807) is 23.2 Å². The van der Waals surface area contributed by atoms with E-state index in [9.17, 15) is 4.79 Å². The summed E-state index contributed by atoms with van der Waals surface area (Å²) in [7, 11) is 0. The lowest BCUT2D eigenvalue weighted by Crippen LogP contribution is -2.39. The number of likely N-dealkylation sites (tertiary alicyclic amines) is 1. The maximum atomic E-state index is 12.2. The number of hydrogen-bond acceptors (Lipinski definition) is 5. The molecule has 0 spiro atoms. The Kier molecular flexibility index (Phi) is 4.59. The number of nitrogens with one attached hydrogen (secondary N) is 1. The summed E-state index contributed by atoms with van der Waals surface area (Å²) in [6.45, 7) is 1.26. The van der Waals surface area contributed by atoms with Crippen LogP contribution in [-0.2, 0) is 0 Å². The van der Waals surface area contributed by atoms with Crippen molar-refractivity contribution >= 4 is 6.09 Å². The van der Waals surface area contributed by atoms with Gasteiger partial charge in [-0.1, -0.05) is 30.3 Å². The number of piperidine rings is 1. The van der Waals surface area contributed by atoms with Crippen LogP contribution in [0.25, 0.3) is 11.4 Å². The van der Waals surface area contributed by atoms with Crippen LogP contribution < -0.4 is 4.74 Å². The quantitative estimate of drug-likeness (QED) is 0.781. The fourth-order valence-corrected chi connectivity index (χ4v) is 3.08. The summed E-state index contributed by atoms with van der Waals surface area (Å²) in [6.07, 6.45) is 4.49. The Hall–Kier alpha value is -3.22. The summed E-state index contributed by atoms with van der Waals surface area (Å²) in [5.41, 5.74) is 0.993. The normalized spacial score (nSPS) is 15.0. The number of benzene rings is 1. The third-order valence-corrected chi connectivity index (χ3v) is 4.51. The molecule has 1 aromatic carbocycles. The highest BCUT2D eigenvalue weighted by Crippen LogP contribution is 2.27. The topological polar surface area (TPSA) is 84.0 Å². The number of H-pyrrole nitrogens is 1. The van der Waals surface area contributed by atoms with Gasteiger partial charge in [-0.15, -0.1) is 0 Å². The Bertz CT molecular complexity index is 864. The van der Waals surface area contributed by atoms with E-state index in [2.05, 4.69) is 20.2 Å². The minimum atomic E-state index is -0.334. The number of nitrogens with zero attached hydrogens (tertiary/aromatic N) is 4. The number of pyridine rings is 1. The lowest BCUT2D eigenvalue weighted by atomic mass is 9.96. The highest BCUT2D eigenvalue weighted by atomic mass is 16.6. The summed E-state index contributed by atoms with van der Waals surface area (Å²) < 4.78 is 5.35. The molecule has 0 radical (unpaired) electrons. The zero-order valence-electron chi connectivity index (χ0n) is 14.2. The Labute approximate surface area is 152 Å². The number of rotatable bonds is 3. The smallest absolute Gasteiger partial charge is 0.409 e. The Morgan fingerprint density at radius 2 is 1.96 bits per heavy atom. The summed E-state index contributed by atoms with van der Waals surface area (Å²) in [4.78, 5) is 22.5. The fourth-order valence-electron chi connectivity index (χ4n) is 3.08. The molecule has 7 heteroatoms. The van der Waals surface area contributed by atoms with Gasteiger partial charge in [-0.25, -0.2) is 9.78 Å². The van der Waals surface area contributed by atoms with Gasteiger partial charge < -0.3 is 9.64 Å². The summed E-state index contributed by atoms with van der Waals surface area (Å²) >= 11 is 0. The maximum absolute atomic E-state index is 12.2. The van der Waals surface area contributed by atoms with Crippen molar-refractivity contribution in [2.24, 2.45) is 0 Å². The number of ether oxygens (including phenoxy) is 1. The van der Waals surface area contributed by atoms with Crippen molar-refractivity contribution in [2.75, 3.05) is 13.1 Å². The minimum Gasteiger partial charge on any atom is -0.409 e. The SMILES string of the molecule is O=C(Oc1cccnc1)N1CCC(c2nc(-c3ccccc3)n[nH]2)CC1.[HH]. The second-order valence-electron chi connectivity index (χ2n) is 6.23. The predicted molar refractivity (Wildman–Crippen MR) is 97.7 cm³/mol. The van der Waals surface area contributed by atoms with E-state index in [1.165, 1.54) is 6.20 Å². The summed E-state index contributed by atoms with van der Waals surface area (Å²) in [5.74, 6) is 2.31. The van der Waals surface area contributed by atoms with Gasteiger partial charge in [0.2, 0.25) is 0 Å². The third kappa shape index (κ3) is 3.56. The molecule has 1 saturated heterocycles. The molecule has 3 aromatic rings. The van der Waals surface area contributed by atoms with Gasteiger partial charge in [-0.05, 0) is 25.0 Å². The van der Waals surface area contributed by atoms with E-state index in [0.717, 1.165) is 24.2 Å². The zero-order chi connectivity index (χ0) is 17.8. The molecule has 134 valence electrons. The van der Waals surface area contributed by atoms with E-state index >= 15 is 0 Å².